The molecule has 0 N–H and O–H groups in total. The van der Waals surface area contributed by atoms with Crippen LogP contribution in [0.15, 0.2) is 18.2 Å². The van der Waals surface area contributed by atoms with Crippen LogP contribution in [0.5, 0.6) is 0 Å². The highest BCUT2D eigenvalue weighted by atomic mass is 79.9. The van der Waals surface area contributed by atoms with Gasteiger partial charge in [-0.1, -0.05) is 34.1 Å². The molecule has 12 heavy (non-hydrogen) atoms. The van der Waals surface area contributed by atoms with E-state index in [-0.39, 0.29) is 10.6 Å². The summed E-state index contributed by atoms with van der Waals surface area (Å²) >= 11 is 3.51. The van der Waals surface area contributed by atoms with Crippen LogP contribution in [0.2, 0.25) is 0 Å². The normalized spacial score (nSPS) is 21.2. The molecule has 0 heterocycles. The predicted octanol–water partition coefficient (Wildman–Crippen LogP) is 3.02. The molecule has 1 aliphatic rings. The first-order chi connectivity index (χ1) is 5.70. The van der Waals surface area contributed by atoms with Crippen molar-refractivity contribution in [1.29, 1.82) is 0 Å². The van der Waals surface area contributed by atoms with Crippen LogP contribution in [-0.2, 0) is 0 Å². The third-order valence-electron chi connectivity index (χ3n) is 2.30. The Hall–Kier alpha value is -0.630. The summed E-state index contributed by atoms with van der Waals surface area (Å²) in [7, 11) is 0. The minimum absolute atomic E-state index is 0.237. The zero-order valence-corrected chi connectivity index (χ0v) is 8.39. The molecule has 0 aliphatic heterocycles. The fourth-order valence-corrected chi connectivity index (χ4v) is 2.62. The van der Waals surface area contributed by atoms with Crippen molar-refractivity contribution >= 4 is 21.7 Å². The lowest BCUT2D eigenvalue weighted by Gasteiger charge is -2.04. The highest BCUT2D eigenvalue weighted by molar-refractivity contribution is 9.09. The Kier molecular flexibility index (Phi) is 1.80. The van der Waals surface area contributed by atoms with Gasteiger partial charge >= 0.3 is 0 Å². The number of halogens is 1. The number of alkyl halides is 1. The molecule has 0 amide bonds. The van der Waals surface area contributed by atoms with E-state index >= 15 is 0 Å². The van der Waals surface area contributed by atoms with Crippen molar-refractivity contribution in [2.24, 2.45) is 0 Å². The van der Waals surface area contributed by atoms with Gasteiger partial charge in [-0.15, -0.1) is 0 Å². The van der Waals surface area contributed by atoms with Gasteiger partial charge in [-0.2, -0.15) is 0 Å². The number of hydrogen-bond donors (Lipinski definition) is 0. The molecular weight excluding hydrogens is 216 g/mol. The molecule has 1 atom stereocenters. The van der Waals surface area contributed by atoms with Gasteiger partial charge in [-0.25, -0.2) is 0 Å². The molecular formula is C10H9BrO. The maximum atomic E-state index is 11.4. The van der Waals surface area contributed by atoms with E-state index in [0.29, 0.717) is 6.42 Å². The van der Waals surface area contributed by atoms with E-state index in [1.165, 1.54) is 11.1 Å². The van der Waals surface area contributed by atoms with Crippen LogP contribution in [0.3, 0.4) is 0 Å². The number of rotatable bonds is 0. The average Bonchev–Trinajstić information content (AvgIpc) is 2.29. The first-order valence-corrected chi connectivity index (χ1v) is 4.88. The van der Waals surface area contributed by atoms with Crippen molar-refractivity contribution in [1.82, 2.24) is 0 Å². The maximum Gasteiger partial charge on any atom is 0.164 e. The van der Waals surface area contributed by atoms with Gasteiger partial charge in [0.25, 0.3) is 0 Å². The molecule has 0 radical (unpaired) electrons. The molecule has 1 aliphatic carbocycles. The number of fused-ring (bicyclic) bond motifs is 1. The van der Waals surface area contributed by atoms with E-state index in [1.807, 2.05) is 25.1 Å². The van der Waals surface area contributed by atoms with Crippen molar-refractivity contribution in [2.45, 2.75) is 18.2 Å². The third-order valence-corrected chi connectivity index (χ3v) is 3.08. The number of Topliss-reactive ketones (excluding diaryl/α,β-unsaturated/α-hetero) is 1. The van der Waals surface area contributed by atoms with Gasteiger partial charge in [0.15, 0.2) is 5.78 Å². The summed E-state index contributed by atoms with van der Waals surface area (Å²) < 4.78 is 0. The fourth-order valence-electron chi connectivity index (χ4n) is 1.71. The zero-order chi connectivity index (χ0) is 8.72. The number of aryl methyl sites for hydroxylation is 1. The van der Waals surface area contributed by atoms with Crippen LogP contribution >= 0.6 is 15.9 Å². The highest BCUT2D eigenvalue weighted by Crippen LogP contribution is 2.39. The molecule has 1 nitrogen and oxygen atoms in total. The van der Waals surface area contributed by atoms with Crippen LogP contribution in [-0.4, -0.2) is 5.78 Å². The lowest BCUT2D eigenvalue weighted by Crippen LogP contribution is -1.91. The summed E-state index contributed by atoms with van der Waals surface area (Å²) in [6.07, 6.45) is 0.611. The number of benzene rings is 1. The highest BCUT2D eigenvalue weighted by Gasteiger charge is 2.28. The van der Waals surface area contributed by atoms with Crippen molar-refractivity contribution in [3.63, 3.8) is 0 Å². The fraction of sp³-hybridized carbons (Fsp3) is 0.300. The van der Waals surface area contributed by atoms with Crippen LogP contribution in [0.25, 0.3) is 0 Å². The summed E-state index contributed by atoms with van der Waals surface area (Å²) in [4.78, 5) is 11.6. The zero-order valence-electron chi connectivity index (χ0n) is 6.80. The van der Waals surface area contributed by atoms with Gasteiger partial charge in [0.05, 0.1) is 0 Å². The molecule has 2 heteroatoms. The Morgan fingerprint density at radius 1 is 1.50 bits per heavy atom. The van der Waals surface area contributed by atoms with Gasteiger partial charge in [-0.3, -0.25) is 4.79 Å². The molecule has 1 aromatic rings. The summed E-state index contributed by atoms with van der Waals surface area (Å²) in [5.41, 5.74) is 3.29. The predicted molar refractivity (Wildman–Crippen MR) is 51.8 cm³/mol. The van der Waals surface area contributed by atoms with Gasteiger partial charge < -0.3 is 0 Å². The Labute approximate surface area is 79.9 Å². The second-order valence-electron chi connectivity index (χ2n) is 3.13. The lowest BCUT2D eigenvalue weighted by atomic mass is 10.0. The second-order valence-corrected chi connectivity index (χ2v) is 4.24. The molecule has 0 bridgehead atoms. The van der Waals surface area contributed by atoms with Crippen molar-refractivity contribution in [2.75, 3.05) is 0 Å². The van der Waals surface area contributed by atoms with Crippen LogP contribution < -0.4 is 0 Å². The Balaban J connectivity index is 2.67. The van der Waals surface area contributed by atoms with E-state index in [4.69, 9.17) is 0 Å². The minimum atomic E-state index is 0.237. The summed E-state index contributed by atoms with van der Waals surface area (Å²) in [6, 6.07) is 5.90. The second kappa shape index (κ2) is 2.70. The Morgan fingerprint density at radius 3 is 2.92 bits per heavy atom. The first-order valence-electron chi connectivity index (χ1n) is 3.97. The molecule has 0 fully saturated rings. The molecule has 2 rings (SSSR count). The monoisotopic (exact) mass is 224 g/mol. The first kappa shape index (κ1) is 7.99. The van der Waals surface area contributed by atoms with E-state index in [2.05, 4.69) is 15.9 Å². The van der Waals surface area contributed by atoms with E-state index in [0.717, 1.165) is 5.56 Å². The minimum Gasteiger partial charge on any atom is -0.294 e. The maximum absolute atomic E-state index is 11.4. The average molecular weight is 225 g/mol. The van der Waals surface area contributed by atoms with Gasteiger partial charge in [0.1, 0.15) is 0 Å². The topological polar surface area (TPSA) is 17.1 Å². The molecule has 0 spiro atoms. The number of ketones is 1. The largest absolute Gasteiger partial charge is 0.294 e. The van der Waals surface area contributed by atoms with E-state index in [1.54, 1.807) is 0 Å². The van der Waals surface area contributed by atoms with Crippen molar-refractivity contribution in [3.8, 4) is 0 Å². The molecule has 1 aromatic carbocycles. The van der Waals surface area contributed by atoms with E-state index in [9.17, 15) is 4.79 Å². The Morgan fingerprint density at radius 2 is 2.25 bits per heavy atom. The SMILES string of the molecule is Cc1cccc2c1C(Br)CC2=O. The Bertz CT molecular complexity index is 344. The van der Waals surface area contributed by atoms with Gasteiger partial charge in [0.2, 0.25) is 0 Å². The van der Waals surface area contributed by atoms with Crippen LogP contribution in [0.4, 0.5) is 0 Å². The molecule has 1 unspecified atom stereocenters. The molecule has 0 saturated heterocycles. The van der Waals surface area contributed by atoms with Crippen molar-refractivity contribution < 1.29 is 4.79 Å². The van der Waals surface area contributed by atoms with Crippen molar-refractivity contribution in [3.05, 3.63) is 34.9 Å². The lowest BCUT2D eigenvalue weighted by molar-refractivity contribution is 0.0994. The van der Waals surface area contributed by atoms with Crippen LogP contribution in [0, 0.1) is 6.92 Å². The molecule has 62 valence electrons. The standard InChI is InChI=1S/C10H9BrO/c1-6-3-2-4-7-9(12)5-8(11)10(6)7/h2-4,8H,5H2,1H3. The van der Waals surface area contributed by atoms with E-state index < -0.39 is 0 Å². The smallest absolute Gasteiger partial charge is 0.164 e. The number of hydrogen-bond acceptors (Lipinski definition) is 1. The number of carbonyl (C=O) groups is 1. The summed E-state index contributed by atoms with van der Waals surface area (Å²) in [5.74, 6) is 0.260. The third kappa shape index (κ3) is 1.02. The van der Waals surface area contributed by atoms with Gasteiger partial charge in [-0.05, 0) is 18.1 Å². The van der Waals surface area contributed by atoms with Gasteiger partial charge in [0, 0.05) is 16.8 Å². The number of carbonyl (C=O) groups excluding carboxylic acids is 1. The molecule has 0 aromatic heterocycles. The van der Waals surface area contributed by atoms with Crippen LogP contribution in [0.1, 0.15) is 32.7 Å². The summed E-state index contributed by atoms with van der Waals surface area (Å²) in [6.45, 7) is 2.05. The molecule has 0 saturated carbocycles. The quantitative estimate of drug-likeness (QED) is 0.620. The summed E-state index contributed by atoms with van der Waals surface area (Å²) in [5, 5.41) is 0.